The maximum Gasteiger partial charge on any atom is 0.266 e. The number of aromatic amines is 1. The average Bonchev–Trinajstić information content (AvgIpc) is 3.40. The minimum atomic E-state index is -4.05. The first-order valence-electron chi connectivity index (χ1n) is 8.81. The van der Waals surface area contributed by atoms with Crippen LogP contribution in [0.4, 0.5) is 14.7 Å². The van der Waals surface area contributed by atoms with Gasteiger partial charge in [0.15, 0.2) is 0 Å². The van der Waals surface area contributed by atoms with Gasteiger partial charge >= 0.3 is 0 Å². The Kier molecular flexibility index (Phi) is 5.07. The molecule has 1 aliphatic carbocycles. The van der Waals surface area contributed by atoms with Crippen molar-refractivity contribution in [1.82, 2.24) is 15.0 Å². The predicted octanol–water partition coefficient (Wildman–Crippen LogP) is 4.11. The number of benzene rings is 1. The first kappa shape index (κ1) is 19.8. The number of H-pyrrole nitrogens is 1. The van der Waals surface area contributed by atoms with E-state index in [4.69, 9.17) is 16.3 Å². The minimum absolute atomic E-state index is 0.000801. The number of methoxy groups -OCH3 is 1. The highest BCUT2D eigenvalue weighted by atomic mass is 35.5. The molecule has 11 heteroatoms. The van der Waals surface area contributed by atoms with Crippen molar-refractivity contribution < 1.29 is 21.9 Å². The maximum atomic E-state index is 13.0. The number of ether oxygens (including phenoxy) is 1. The molecule has 3 aromatic rings. The summed E-state index contributed by atoms with van der Waals surface area (Å²) < 4.78 is 59.3. The third kappa shape index (κ3) is 3.99. The Hall–Kier alpha value is -2.46. The second-order valence-electron chi connectivity index (χ2n) is 6.74. The molecule has 4 rings (SSSR count). The average molecular weight is 443 g/mol. The van der Waals surface area contributed by atoms with Crippen molar-refractivity contribution in [3.63, 3.8) is 0 Å². The maximum absolute atomic E-state index is 13.0. The highest BCUT2D eigenvalue weighted by molar-refractivity contribution is 7.93. The predicted molar refractivity (Wildman–Crippen MR) is 104 cm³/mol. The summed E-state index contributed by atoms with van der Waals surface area (Å²) in [6, 6.07) is 4.78. The summed E-state index contributed by atoms with van der Waals surface area (Å²) in [5.41, 5.74) is 1.18. The van der Waals surface area contributed by atoms with Crippen molar-refractivity contribution in [2.75, 3.05) is 11.8 Å². The summed E-state index contributed by atoms with van der Waals surface area (Å²) in [5, 5.41) is 0.915. The highest BCUT2D eigenvalue weighted by Crippen LogP contribution is 2.43. The first-order chi connectivity index (χ1) is 13.8. The molecule has 1 aromatic carbocycles. The molecule has 0 unspecified atom stereocenters. The summed E-state index contributed by atoms with van der Waals surface area (Å²) in [7, 11) is -2.74. The molecular formula is C18H17ClF2N4O3S. The van der Waals surface area contributed by atoms with Crippen LogP contribution < -0.4 is 9.46 Å². The van der Waals surface area contributed by atoms with Gasteiger partial charge in [-0.3, -0.25) is 0 Å². The Bertz CT molecular complexity index is 1180. The van der Waals surface area contributed by atoms with Gasteiger partial charge in [0.2, 0.25) is 18.3 Å². The topological polar surface area (TPSA) is 97.0 Å². The van der Waals surface area contributed by atoms with Crippen LogP contribution in [0, 0.1) is 0 Å². The van der Waals surface area contributed by atoms with Crippen LogP contribution in [-0.2, 0) is 16.4 Å². The number of fused-ring (bicyclic) bond motifs is 1. The molecule has 1 fully saturated rings. The van der Waals surface area contributed by atoms with E-state index in [0.29, 0.717) is 21.6 Å². The Morgan fingerprint density at radius 1 is 1.34 bits per heavy atom. The molecule has 0 saturated heterocycles. The molecule has 154 valence electrons. The number of rotatable bonds is 7. The standard InChI is InChI=1S/C18H17ClF2N4O3S/c1-28-17-12(7-15(20)21)16(9-2-3-9)23-18(24-17)25-29(26,27)14-8-22-13-6-10(19)4-5-11(13)14/h4-6,8-9,15,22H,2-3,7H2,1H3,(H,23,24,25). The van der Waals surface area contributed by atoms with Crippen molar-refractivity contribution in [2.45, 2.75) is 36.5 Å². The number of nitrogens with one attached hydrogen (secondary N) is 2. The van der Waals surface area contributed by atoms with E-state index in [-0.39, 0.29) is 28.2 Å². The molecule has 0 amide bonds. The fraction of sp³-hybridized carbons (Fsp3) is 0.333. The van der Waals surface area contributed by atoms with Crippen LogP contribution in [0.5, 0.6) is 5.88 Å². The Labute approximate surface area is 170 Å². The minimum Gasteiger partial charge on any atom is -0.481 e. The summed E-state index contributed by atoms with van der Waals surface area (Å²) in [4.78, 5) is 11.1. The number of nitrogens with zero attached hydrogens (tertiary/aromatic N) is 2. The molecule has 2 aromatic heterocycles. The molecule has 0 bridgehead atoms. The smallest absolute Gasteiger partial charge is 0.266 e. The fourth-order valence-electron chi connectivity index (χ4n) is 3.20. The van der Waals surface area contributed by atoms with Gasteiger partial charge in [-0.2, -0.15) is 4.98 Å². The zero-order chi connectivity index (χ0) is 20.8. The van der Waals surface area contributed by atoms with Crippen LogP contribution in [-0.4, -0.2) is 36.9 Å². The van der Waals surface area contributed by atoms with Crippen LogP contribution in [0.15, 0.2) is 29.3 Å². The number of alkyl halides is 2. The lowest BCUT2D eigenvalue weighted by molar-refractivity contribution is 0.147. The quantitative estimate of drug-likeness (QED) is 0.574. The van der Waals surface area contributed by atoms with Gasteiger partial charge in [0, 0.05) is 40.0 Å². The van der Waals surface area contributed by atoms with E-state index in [1.165, 1.54) is 13.3 Å². The van der Waals surface area contributed by atoms with E-state index in [1.807, 2.05) is 0 Å². The van der Waals surface area contributed by atoms with E-state index in [9.17, 15) is 17.2 Å². The van der Waals surface area contributed by atoms with Crippen molar-refractivity contribution in [3.8, 4) is 5.88 Å². The largest absolute Gasteiger partial charge is 0.481 e. The molecule has 29 heavy (non-hydrogen) atoms. The zero-order valence-corrected chi connectivity index (χ0v) is 16.8. The van der Waals surface area contributed by atoms with Gasteiger partial charge in [-0.1, -0.05) is 11.6 Å². The molecule has 7 nitrogen and oxygen atoms in total. The Balaban J connectivity index is 1.73. The van der Waals surface area contributed by atoms with Gasteiger partial charge < -0.3 is 9.72 Å². The summed E-state index contributed by atoms with van der Waals surface area (Å²) in [5.74, 6) is -0.269. The molecule has 2 N–H and O–H groups in total. The highest BCUT2D eigenvalue weighted by Gasteiger charge is 2.32. The summed E-state index contributed by atoms with van der Waals surface area (Å²) >= 11 is 5.94. The van der Waals surface area contributed by atoms with E-state index in [0.717, 1.165) is 12.8 Å². The molecule has 2 heterocycles. The van der Waals surface area contributed by atoms with E-state index < -0.39 is 22.9 Å². The van der Waals surface area contributed by atoms with Crippen LogP contribution in [0.2, 0.25) is 5.02 Å². The molecule has 1 saturated carbocycles. The van der Waals surface area contributed by atoms with Crippen molar-refractivity contribution in [2.24, 2.45) is 0 Å². The van der Waals surface area contributed by atoms with E-state index in [1.54, 1.807) is 18.2 Å². The van der Waals surface area contributed by atoms with Crippen LogP contribution in [0.1, 0.15) is 30.0 Å². The normalized spacial score (nSPS) is 14.5. The summed E-state index contributed by atoms with van der Waals surface area (Å²) in [6.45, 7) is 0. The van der Waals surface area contributed by atoms with Gasteiger partial charge in [-0.05, 0) is 31.0 Å². The second kappa shape index (κ2) is 7.42. The van der Waals surface area contributed by atoms with Gasteiger partial charge in [0.1, 0.15) is 4.90 Å². The van der Waals surface area contributed by atoms with Crippen LogP contribution >= 0.6 is 11.6 Å². The molecule has 0 aliphatic heterocycles. The van der Waals surface area contributed by atoms with Crippen LogP contribution in [0.25, 0.3) is 10.9 Å². The number of hydrogen-bond donors (Lipinski definition) is 2. The second-order valence-corrected chi connectivity index (χ2v) is 8.83. The van der Waals surface area contributed by atoms with Gasteiger partial charge in [-0.15, -0.1) is 0 Å². The number of halogens is 3. The van der Waals surface area contributed by atoms with E-state index in [2.05, 4.69) is 19.7 Å². The molecule has 1 aliphatic rings. The molecular weight excluding hydrogens is 426 g/mol. The molecule has 0 radical (unpaired) electrons. The van der Waals surface area contributed by atoms with Gasteiger partial charge in [0.05, 0.1) is 12.8 Å². The van der Waals surface area contributed by atoms with Gasteiger partial charge in [0.25, 0.3) is 10.0 Å². The number of anilines is 1. The van der Waals surface area contributed by atoms with Crippen molar-refractivity contribution in [3.05, 3.63) is 40.7 Å². The third-order valence-electron chi connectivity index (χ3n) is 4.64. The Morgan fingerprint density at radius 3 is 2.76 bits per heavy atom. The Morgan fingerprint density at radius 2 is 2.10 bits per heavy atom. The van der Waals surface area contributed by atoms with Gasteiger partial charge in [-0.25, -0.2) is 26.9 Å². The van der Waals surface area contributed by atoms with Crippen molar-refractivity contribution in [1.29, 1.82) is 0 Å². The van der Waals surface area contributed by atoms with Crippen LogP contribution in [0.3, 0.4) is 0 Å². The lowest BCUT2D eigenvalue weighted by Crippen LogP contribution is -2.17. The summed E-state index contributed by atoms with van der Waals surface area (Å²) in [6.07, 6.45) is -0.207. The molecule has 0 spiro atoms. The van der Waals surface area contributed by atoms with E-state index >= 15 is 0 Å². The number of hydrogen-bond acceptors (Lipinski definition) is 5. The SMILES string of the molecule is COc1nc(NS(=O)(=O)c2c[nH]c3cc(Cl)ccc23)nc(C2CC2)c1CC(F)F. The monoisotopic (exact) mass is 442 g/mol. The number of aromatic nitrogens is 3. The fourth-order valence-corrected chi connectivity index (χ4v) is 4.50. The lowest BCUT2D eigenvalue weighted by atomic mass is 10.1. The number of sulfonamides is 1. The first-order valence-corrected chi connectivity index (χ1v) is 10.7. The molecule has 0 atom stereocenters. The van der Waals surface area contributed by atoms with Crippen molar-refractivity contribution >= 4 is 38.5 Å². The lowest BCUT2D eigenvalue weighted by Gasteiger charge is -2.14. The zero-order valence-electron chi connectivity index (χ0n) is 15.2. The third-order valence-corrected chi connectivity index (χ3v) is 6.24.